The smallest absolute Gasteiger partial charge is 0.215 e. The Bertz CT molecular complexity index is 967. The molecule has 0 radical (unpaired) electrons. The van der Waals surface area contributed by atoms with Crippen LogP contribution in [0.15, 0.2) is 24.3 Å². The average Bonchev–Trinajstić information content (AvgIpc) is 2.49. The van der Waals surface area contributed by atoms with E-state index in [9.17, 15) is 4.79 Å². The zero-order chi connectivity index (χ0) is 17.6. The summed E-state index contributed by atoms with van der Waals surface area (Å²) in [4.78, 5) is 13.1. The first-order valence-electron chi connectivity index (χ1n) is 7.96. The standard InChI is InChI=1S/C20H21N3O/c1-10-8-13(4)15(14(5)9-10)20(24)19-17(21)16-11(2)6-7-12(3)18(16)22-23-19/h6-9H,1-5H3,(H2,21,22). The van der Waals surface area contributed by atoms with E-state index < -0.39 is 0 Å². The van der Waals surface area contributed by atoms with E-state index in [0.29, 0.717) is 11.3 Å². The number of carbonyl (C=O) groups excluding carboxylic acids is 1. The lowest BCUT2D eigenvalue weighted by Gasteiger charge is -2.13. The van der Waals surface area contributed by atoms with Crippen molar-refractivity contribution in [2.75, 3.05) is 5.73 Å². The fourth-order valence-corrected chi connectivity index (χ4v) is 3.36. The SMILES string of the molecule is Cc1cc(C)c(C(=O)c2nnc3c(C)ccc(C)c3c2N)c(C)c1. The van der Waals surface area contributed by atoms with Crippen molar-refractivity contribution in [2.24, 2.45) is 0 Å². The van der Waals surface area contributed by atoms with E-state index in [-0.39, 0.29) is 11.5 Å². The van der Waals surface area contributed by atoms with Crippen LogP contribution >= 0.6 is 0 Å². The molecule has 3 aromatic rings. The maximum Gasteiger partial charge on any atom is 0.215 e. The molecule has 4 nitrogen and oxygen atoms in total. The lowest BCUT2D eigenvalue weighted by atomic mass is 9.93. The first-order valence-corrected chi connectivity index (χ1v) is 7.96. The second-order valence-corrected chi connectivity index (χ2v) is 6.49. The molecule has 0 spiro atoms. The van der Waals surface area contributed by atoms with Crippen LogP contribution in [0.1, 0.15) is 43.9 Å². The first kappa shape index (κ1) is 16.1. The van der Waals surface area contributed by atoms with Gasteiger partial charge in [0.05, 0.1) is 11.2 Å². The lowest BCUT2D eigenvalue weighted by molar-refractivity contribution is 0.103. The molecule has 0 fully saturated rings. The minimum absolute atomic E-state index is 0.169. The first-order chi connectivity index (χ1) is 11.3. The van der Waals surface area contributed by atoms with Gasteiger partial charge in [0.25, 0.3) is 0 Å². The number of aromatic nitrogens is 2. The molecule has 1 heterocycles. The fourth-order valence-electron chi connectivity index (χ4n) is 3.36. The molecular formula is C20H21N3O. The second kappa shape index (κ2) is 5.71. The molecule has 2 N–H and O–H groups in total. The Hall–Kier alpha value is -2.75. The van der Waals surface area contributed by atoms with E-state index in [1.165, 1.54) is 0 Å². The van der Waals surface area contributed by atoms with Crippen LogP contribution in [0.25, 0.3) is 10.9 Å². The summed E-state index contributed by atoms with van der Waals surface area (Å²) < 4.78 is 0. The van der Waals surface area contributed by atoms with Crippen molar-refractivity contribution in [3.63, 3.8) is 0 Å². The van der Waals surface area contributed by atoms with Crippen molar-refractivity contribution < 1.29 is 4.79 Å². The van der Waals surface area contributed by atoms with Gasteiger partial charge in [0.2, 0.25) is 5.78 Å². The molecule has 0 saturated carbocycles. The molecule has 24 heavy (non-hydrogen) atoms. The van der Waals surface area contributed by atoms with Crippen molar-refractivity contribution >= 4 is 22.4 Å². The van der Waals surface area contributed by atoms with Gasteiger partial charge in [-0.2, -0.15) is 0 Å². The number of hydrogen-bond donors (Lipinski definition) is 1. The third kappa shape index (κ3) is 2.44. The minimum Gasteiger partial charge on any atom is -0.396 e. The summed E-state index contributed by atoms with van der Waals surface area (Å²) >= 11 is 0. The molecule has 0 bridgehead atoms. The monoisotopic (exact) mass is 319 g/mol. The third-order valence-electron chi connectivity index (χ3n) is 4.48. The molecule has 0 aliphatic carbocycles. The van der Waals surface area contributed by atoms with E-state index in [1.807, 2.05) is 58.9 Å². The Morgan fingerprint density at radius 3 is 2.08 bits per heavy atom. The Kier molecular flexibility index (Phi) is 3.84. The molecule has 0 amide bonds. The maximum absolute atomic E-state index is 13.1. The number of benzene rings is 2. The molecule has 0 saturated heterocycles. The number of ketones is 1. The number of rotatable bonds is 2. The van der Waals surface area contributed by atoms with Crippen molar-refractivity contribution in [1.29, 1.82) is 0 Å². The molecule has 0 aliphatic heterocycles. The quantitative estimate of drug-likeness (QED) is 0.725. The highest BCUT2D eigenvalue weighted by Gasteiger charge is 2.22. The van der Waals surface area contributed by atoms with Crippen LogP contribution in [0.5, 0.6) is 0 Å². The molecule has 3 rings (SSSR count). The van der Waals surface area contributed by atoms with Gasteiger partial charge in [-0.3, -0.25) is 4.79 Å². The summed E-state index contributed by atoms with van der Waals surface area (Å²) in [5.41, 5.74) is 13.4. The van der Waals surface area contributed by atoms with E-state index >= 15 is 0 Å². The third-order valence-corrected chi connectivity index (χ3v) is 4.48. The van der Waals surface area contributed by atoms with Gasteiger partial charge < -0.3 is 5.73 Å². The van der Waals surface area contributed by atoms with Crippen LogP contribution in [-0.4, -0.2) is 16.0 Å². The summed E-state index contributed by atoms with van der Waals surface area (Å²) in [5, 5.41) is 9.26. The molecule has 0 unspecified atom stereocenters. The Balaban J connectivity index is 2.26. The Morgan fingerprint density at radius 1 is 0.875 bits per heavy atom. The second-order valence-electron chi connectivity index (χ2n) is 6.49. The summed E-state index contributed by atoms with van der Waals surface area (Å²) in [6.07, 6.45) is 0. The average molecular weight is 319 g/mol. The molecule has 1 aromatic heterocycles. The van der Waals surface area contributed by atoms with Gasteiger partial charge in [-0.1, -0.05) is 29.8 Å². The van der Waals surface area contributed by atoms with Crippen LogP contribution in [0.3, 0.4) is 0 Å². The maximum atomic E-state index is 13.1. The molecule has 122 valence electrons. The summed E-state index contributed by atoms with van der Waals surface area (Å²) in [7, 11) is 0. The van der Waals surface area contributed by atoms with Crippen LogP contribution < -0.4 is 5.73 Å². The van der Waals surface area contributed by atoms with Gasteiger partial charge in [-0.05, 0) is 56.9 Å². The van der Waals surface area contributed by atoms with Gasteiger partial charge in [-0.25, -0.2) is 0 Å². The van der Waals surface area contributed by atoms with Crippen molar-refractivity contribution in [3.8, 4) is 0 Å². The predicted molar refractivity (Wildman–Crippen MR) is 97.5 cm³/mol. The van der Waals surface area contributed by atoms with Gasteiger partial charge in [0.15, 0.2) is 5.69 Å². The number of fused-ring (bicyclic) bond motifs is 1. The number of carbonyl (C=O) groups is 1. The number of hydrogen-bond acceptors (Lipinski definition) is 4. The van der Waals surface area contributed by atoms with Crippen LogP contribution in [0.2, 0.25) is 0 Å². The van der Waals surface area contributed by atoms with E-state index in [4.69, 9.17) is 5.73 Å². The van der Waals surface area contributed by atoms with Gasteiger partial charge in [0.1, 0.15) is 0 Å². The van der Waals surface area contributed by atoms with Gasteiger partial charge in [-0.15, -0.1) is 10.2 Å². The number of anilines is 1. The number of nitrogens with two attached hydrogens (primary N) is 1. The molecule has 0 atom stereocenters. The van der Waals surface area contributed by atoms with Crippen molar-refractivity contribution in [2.45, 2.75) is 34.6 Å². The topological polar surface area (TPSA) is 68.9 Å². The number of aryl methyl sites for hydroxylation is 5. The zero-order valence-electron chi connectivity index (χ0n) is 14.7. The zero-order valence-corrected chi connectivity index (χ0v) is 14.7. The van der Waals surface area contributed by atoms with Crippen LogP contribution in [0, 0.1) is 34.6 Å². The molecule has 0 aliphatic rings. The molecule has 2 aromatic carbocycles. The van der Waals surface area contributed by atoms with E-state index in [1.54, 1.807) is 0 Å². The molecular weight excluding hydrogens is 298 g/mol. The summed E-state index contributed by atoms with van der Waals surface area (Å²) in [6.45, 7) is 9.83. The van der Waals surface area contributed by atoms with E-state index in [2.05, 4.69) is 10.2 Å². The predicted octanol–water partition coefficient (Wildman–Crippen LogP) is 3.99. The van der Waals surface area contributed by atoms with Crippen LogP contribution in [-0.2, 0) is 0 Å². The Morgan fingerprint density at radius 2 is 1.46 bits per heavy atom. The number of nitrogen functional groups attached to an aromatic ring is 1. The van der Waals surface area contributed by atoms with Crippen molar-refractivity contribution in [3.05, 3.63) is 63.3 Å². The van der Waals surface area contributed by atoms with Gasteiger partial charge in [0, 0.05) is 10.9 Å². The van der Waals surface area contributed by atoms with Gasteiger partial charge >= 0.3 is 0 Å². The normalized spacial score (nSPS) is 11.0. The van der Waals surface area contributed by atoms with Crippen molar-refractivity contribution in [1.82, 2.24) is 10.2 Å². The highest BCUT2D eigenvalue weighted by molar-refractivity contribution is 6.15. The molecule has 4 heteroatoms. The summed E-state index contributed by atoms with van der Waals surface area (Å²) in [6, 6.07) is 7.98. The lowest BCUT2D eigenvalue weighted by Crippen LogP contribution is -2.13. The minimum atomic E-state index is -0.169. The highest BCUT2D eigenvalue weighted by Crippen LogP contribution is 2.29. The Labute approximate surface area is 141 Å². The largest absolute Gasteiger partial charge is 0.396 e. The fraction of sp³-hybridized carbons (Fsp3) is 0.250. The number of nitrogens with zero attached hydrogens (tertiary/aromatic N) is 2. The van der Waals surface area contributed by atoms with E-state index in [0.717, 1.165) is 38.7 Å². The highest BCUT2D eigenvalue weighted by atomic mass is 16.1. The van der Waals surface area contributed by atoms with Crippen LogP contribution in [0.4, 0.5) is 5.69 Å². The summed E-state index contributed by atoms with van der Waals surface area (Å²) in [5.74, 6) is -0.169.